The Balaban J connectivity index is 0.990. The molecule has 11 rings (SSSR count). The van der Waals surface area contributed by atoms with Crippen molar-refractivity contribution < 1.29 is 0 Å². The summed E-state index contributed by atoms with van der Waals surface area (Å²) in [7, 11) is 0. The largest absolute Gasteiger partial charge is 0.309 e. The first-order valence-corrected chi connectivity index (χ1v) is 20.9. The van der Waals surface area contributed by atoms with Crippen molar-refractivity contribution in [3.05, 3.63) is 243 Å². The van der Waals surface area contributed by atoms with E-state index in [4.69, 9.17) is 4.98 Å². The molecule has 0 spiro atoms. The molecule has 9 aromatic carbocycles. The molecule has 0 unspecified atom stereocenters. The molecular weight excluding hydrogens is 737 g/mol. The van der Waals surface area contributed by atoms with Crippen molar-refractivity contribution in [1.82, 2.24) is 9.55 Å². The summed E-state index contributed by atoms with van der Waals surface area (Å²) in [4.78, 5) is 5.18. The van der Waals surface area contributed by atoms with Crippen LogP contribution in [-0.2, 0) is 0 Å². The number of aromatic nitrogens is 2. The molecular formula is C59H40N2. The van der Waals surface area contributed by atoms with E-state index in [1.54, 1.807) is 0 Å². The second-order valence-corrected chi connectivity index (χ2v) is 15.6. The van der Waals surface area contributed by atoms with E-state index in [1.807, 2.05) is 0 Å². The number of fused-ring (bicyclic) bond motifs is 3. The molecule has 0 fully saturated rings. The lowest BCUT2D eigenvalue weighted by Gasteiger charge is -2.15. The minimum absolute atomic E-state index is 0.949. The molecule has 0 amide bonds. The van der Waals surface area contributed by atoms with Crippen LogP contribution in [0.5, 0.6) is 0 Å². The predicted octanol–water partition coefficient (Wildman–Crippen LogP) is 15.8. The Hall–Kier alpha value is -8.07. The number of benzene rings is 9. The van der Waals surface area contributed by atoms with Crippen molar-refractivity contribution in [3.8, 4) is 83.8 Å². The Morgan fingerprint density at radius 3 is 0.951 bits per heavy atom. The molecule has 2 heteroatoms. The third kappa shape index (κ3) is 7.01. The van der Waals surface area contributed by atoms with Crippen molar-refractivity contribution >= 4 is 21.8 Å². The van der Waals surface area contributed by atoms with Crippen LogP contribution in [0.4, 0.5) is 0 Å². The standard InChI is InChI=1S/C59H40N2/c1-4-14-41(15-5-1)42-24-28-45(29-25-42)49-36-50(38-51(37-49)52-39-56(47-16-6-2-7-17-47)60-57(40-52)48-18-8-3-9-19-48)46-30-26-43(27-31-46)44-32-34-53(35-33-44)61-58-22-12-10-20-54(58)55-21-11-13-23-59(55)61/h1-40H. The monoisotopic (exact) mass is 776 g/mol. The molecule has 0 aliphatic heterocycles. The highest BCUT2D eigenvalue weighted by molar-refractivity contribution is 6.09. The molecule has 0 saturated carbocycles. The van der Waals surface area contributed by atoms with Crippen LogP contribution >= 0.6 is 0 Å². The number of hydrogen-bond donors (Lipinski definition) is 0. The van der Waals surface area contributed by atoms with Gasteiger partial charge < -0.3 is 4.57 Å². The highest BCUT2D eigenvalue weighted by Gasteiger charge is 2.14. The van der Waals surface area contributed by atoms with Gasteiger partial charge in [-0.1, -0.05) is 188 Å². The topological polar surface area (TPSA) is 17.8 Å². The molecule has 0 N–H and O–H groups in total. The van der Waals surface area contributed by atoms with Crippen LogP contribution in [0.15, 0.2) is 243 Å². The van der Waals surface area contributed by atoms with Gasteiger partial charge in [0.25, 0.3) is 0 Å². The Bertz CT molecular complexity index is 3180. The Kier molecular flexibility index (Phi) is 9.22. The Morgan fingerprint density at radius 2 is 0.525 bits per heavy atom. The molecule has 0 bridgehead atoms. The SMILES string of the molecule is c1ccc(-c2ccc(-c3cc(-c4ccc(-c5ccc(-n6c7ccccc7c7ccccc76)cc5)cc4)cc(-c4cc(-c5ccccc5)nc(-c5ccccc5)c4)c3)cc2)cc1. The maximum atomic E-state index is 5.18. The van der Waals surface area contributed by atoms with Gasteiger partial charge in [-0.05, 0) is 110 Å². The molecule has 0 aliphatic carbocycles. The lowest BCUT2D eigenvalue weighted by atomic mass is 9.91. The van der Waals surface area contributed by atoms with E-state index < -0.39 is 0 Å². The first kappa shape index (κ1) is 36.0. The maximum absolute atomic E-state index is 5.18. The summed E-state index contributed by atoms with van der Waals surface area (Å²) < 4.78 is 2.37. The molecule has 0 saturated heterocycles. The number of para-hydroxylation sites is 2. The molecule has 2 nitrogen and oxygen atoms in total. The lowest BCUT2D eigenvalue weighted by molar-refractivity contribution is 1.18. The third-order valence-electron chi connectivity index (χ3n) is 11.8. The molecule has 2 heterocycles. The number of nitrogens with zero attached hydrogens (tertiary/aromatic N) is 2. The highest BCUT2D eigenvalue weighted by Crippen LogP contribution is 2.38. The van der Waals surface area contributed by atoms with E-state index in [2.05, 4.69) is 247 Å². The van der Waals surface area contributed by atoms with Crippen LogP contribution in [0, 0.1) is 0 Å². The second kappa shape index (κ2) is 15.6. The lowest BCUT2D eigenvalue weighted by Crippen LogP contribution is -1.93. The average Bonchev–Trinajstić information content (AvgIpc) is 3.69. The molecule has 11 aromatic rings. The van der Waals surface area contributed by atoms with Crippen molar-refractivity contribution in [3.63, 3.8) is 0 Å². The quantitative estimate of drug-likeness (QED) is 0.150. The van der Waals surface area contributed by atoms with Crippen LogP contribution in [0.1, 0.15) is 0 Å². The third-order valence-corrected chi connectivity index (χ3v) is 11.8. The number of pyridine rings is 1. The van der Waals surface area contributed by atoms with Crippen LogP contribution in [0.25, 0.3) is 106 Å². The summed E-state index contributed by atoms with van der Waals surface area (Å²) in [6, 6.07) is 87.2. The minimum atomic E-state index is 0.949. The fourth-order valence-electron chi connectivity index (χ4n) is 8.68. The summed E-state index contributed by atoms with van der Waals surface area (Å²) in [6.07, 6.45) is 0. The van der Waals surface area contributed by atoms with Crippen molar-refractivity contribution in [2.24, 2.45) is 0 Å². The van der Waals surface area contributed by atoms with E-state index in [0.29, 0.717) is 0 Å². The van der Waals surface area contributed by atoms with Gasteiger partial charge in [0.2, 0.25) is 0 Å². The van der Waals surface area contributed by atoms with E-state index in [1.165, 1.54) is 49.6 Å². The summed E-state index contributed by atoms with van der Waals surface area (Å²) in [5.74, 6) is 0. The smallest absolute Gasteiger partial charge is 0.0715 e. The van der Waals surface area contributed by atoms with Crippen molar-refractivity contribution in [2.75, 3.05) is 0 Å². The van der Waals surface area contributed by atoms with Crippen molar-refractivity contribution in [2.45, 2.75) is 0 Å². The first-order valence-electron chi connectivity index (χ1n) is 20.9. The van der Waals surface area contributed by atoms with Crippen LogP contribution in [0.3, 0.4) is 0 Å². The molecule has 286 valence electrons. The summed E-state index contributed by atoms with van der Waals surface area (Å²) in [6.45, 7) is 0. The van der Waals surface area contributed by atoms with Gasteiger partial charge in [-0.2, -0.15) is 0 Å². The van der Waals surface area contributed by atoms with Gasteiger partial charge in [-0.15, -0.1) is 0 Å². The Labute approximate surface area is 356 Å². The average molecular weight is 777 g/mol. The van der Waals surface area contributed by atoms with E-state index in [-0.39, 0.29) is 0 Å². The van der Waals surface area contributed by atoms with E-state index in [9.17, 15) is 0 Å². The summed E-state index contributed by atoms with van der Waals surface area (Å²) in [5, 5.41) is 2.54. The van der Waals surface area contributed by atoms with Gasteiger partial charge in [0.1, 0.15) is 0 Å². The normalized spacial score (nSPS) is 11.3. The van der Waals surface area contributed by atoms with E-state index >= 15 is 0 Å². The van der Waals surface area contributed by atoms with Gasteiger partial charge in [-0.3, -0.25) is 0 Å². The molecule has 2 aromatic heterocycles. The van der Waals surface area contributed by atoms with Gasteiger partial charge in [0.15, 0.2) is 0 Å². The van der Waals surface area contributed by atoms with E-state index in [0.717, 1.165) is 56.0 Å². The second-order valence-electron chi connectivity index (χ2n) is 15.6. The van der Waals surface area contributed by atoms with Crippen LogP contribution < -0.4 is 0 Å². The molecule has 0 radical (unpaired) electrons. The fourth-order valence-corrected chi connectivity index (χ4v) is 8.68. The zero-order valence-corrected chi connectivity index (χ0v) is 33.5. The zero-order chi connectivity index (χ0) is 40.5. The van der Waals surface area contributed by atoms with Crippen LogP contribution in [-0.4, -0.2) is 9.55 Å². The molecule has 0 aliphatic rings. The molecule has 61 heavy (non-hydrogen) atoms. The maximum Gasteiger partial charge on any atom is 0.0715 e. The summed E-state index contributed by atoms with van der Waals surface area (Å²) in [5.41, 5.74) is 19.4. The zero-order valence-electron chi connectivity index (χ0n) is 33.5. The predicted molar refractivity (Wildman–Crippen MR) is 257 cm³/mol. The van der Waals surface area contributed by atoms with Crippen molar-refractivity contribution in [1.29, 1.82) is 0 Å². The highest BCUT2D eigenvalue weighted by atomic mass is 15.0. The molecule has 0 atom stereocenters. The summed E-state index contributed by atoms with van der Waals surface area (Å²) >= 11 is 0. The van der Waals surface area contributed by atoms with Gasteiger partial charge in [0, 0.05) is 27.6 Å². The first-order chi connectivity index (χ1) is 30.2. The van der Waals surface area contributed by atoms with Gasteiger partial charge in [0.05, 0.1) is 22.4 Å². The minimum Gasteiger partial charge on any atom is -0.309 e. The number of rotatable bonds is 8. The fraction of sp³-hybridized carbons (Fsp3) is 0. The van der Waals surface area contributed by atoms with Gasteiger partial charge >= 0.3 is 0 Å². The van der Waals surface area contributed by atoms with Gasteiger partial charge in [-0.25, -0.2) is 4.98 Å². The Morgan fingerprint density at radius 1 is 0.230 bits per heavy atom. The van der Waals surface area contributed by atoms with Crippen LogP contribution in [0.2, 0.25) is 0 Å². The number of hydrogen-bond acceptors (Lipinski definition) is 1.